The van der Waals surface area contributed by atoms with Gasteiger partial charge in [-0.3, -0.25) is 9.67 Å². The molecule has 4 aromatic heterocycles. The number of halogens is 1. The summed E-state index contributed by atoms with van der Waals surface area (Å²) >= 11 is 6.50. The van der Waals surface area contributed by atoms with Crippen LogP contribution in [0.1, 0.15) is 0 Å². The fraction of sp³-hybridized carbons (Fsp3) is 0.0435. The predicted molar refractivity (Wildman–Crippen MR) is 123 cm³/mol. The third-order valence-corrected chi connectivity index (χ3v) is 5.42. The van der Waals surface area contributed by atoms with Gasteiger partial charge in [0.15, 0.2) is 0 Å². The third-order valence-electron chi connectivity index (χ3n) is 5.10. The molecule has 4 heterocycles. The summed E-state index contributed by atoms with van der Waals surface area (Å²) in [6.07, 6.45) is 7.43. The average Bonchev–Trinajstić information content (AvgIpc) is 3.39. The minimum absolute atomic E-state index is 0.479. The first kappa shape index (κ1) is 19.8. The number of hydrogen-bond acceptors (Lipinski definition) is 5. The van der Waals surface area contributed by atoms with E-state index in [4.69, 9.17) is 11.6 Å². The normalized spacial score (nSPS) is 11.1. The molecule has 0 aliphatic heterocycles. The second-order valence-corrected chi connectivity index (χ2v) is 7.65. The summed E-state index contributed by atoms with van der Waals surface area (Å²) in [6.45, 7) is 0. The quantitative estimate of drug-likeness (QED) is 0.384. The number of aromatic nitrogens is 5. The molecule has 0 saturated carbocycles. The zero-order valence-electron chi connectivity index (χ0n) is 16.9. The second kappa shape index (κ2) is 7.82. The zero-order chi connectivity index (χ0) is 22.2. The molecule has 0 fully saturated rings. The van der Waals surface area contributed by atoms with Crippen LogP contribution in [0.15, 0.2) is 73.4 Å². The van der Waals surface area contributed by atoms with Crippen LogP contribution in [-0.2, 0) is 7.05 Å². The molecule has 0 bridgehead atoms. The lowest BCUT2D eigenvalue weighted by Crippen LogP contribution is -2.09. The first-order valence-electron chi connectivity index (χ1n) is 9.70. The topological polar surface area (TPSA) is 97.9 Å². The molecule has 2 N–H and O–H groups in total. The fourth-order valence-electron chi connectivity index (χ4n) is 3.61. The Morgan fingerprint density at radius 3 is 2.62 bits per heavy atom. The first-order chi connectivity index (χ1) is 15.5. The van der Waals surface area contributed by atoms with Crippen molar-refractivity contribution in [1.29, 1.82) is 0 Å². The zero-order valence-corrected chi connectivity index (χ0v) is 17.7. The maximum atomic E-state index is 12.0. The molecule has 0 radical (unpaired) electrons. The van der Waals surface area contributed by atoms with E-state index in [0.29, 0.717) is 38.7 Å². The Kier molecular flexibility index (Phi) is 4.84. The van der Waals surface area contributed by atoms with Crippen LogP contribution in [-0.4, -0.2) is 35.5 Å². The molecule has 0 saturated heterocycles. The van der Waals surface area contributed by atoms with Gasteiger partial charge in [-0.25, -0.2) is 14.3 Å². The van der Waals surface area contributed by atoms with E-state index in [1.165, 1.54) is 4.57 Å². The van der Waals surface area contributed by atoms with E-state index in [1.807, 2.05) is 30.3 Å². The van der Waals surface area contributed by atoms with Crippen LogP contribution in [0.2, 0.25) is 5.02 Å². The van der Waals surface area contributed by atoms with Crippen molar-refractivity contribution >= 4 is 40.1 Å². The van der Waals surface area contributed by atoms with Crippen molar-refractivity contribution in [3.05, 3.63) is 78.5 Å². The Morgan fingerprint density at radius 1 is 1.06 bits per heavy atom. The summed E-state index contributed by atoms with van der Waals surface area (Å²) in [5.74, 6) is 0.479. The van der Waals surface area contributed by atoms with Crippen LogP contribution in [0.5, 0.6) is 0 Å². The maximum Gasteiger partial charge on any atom is 0.416 e. The lowest BCUT2D eigenvalue weighted by atomic mass is 10.1. The summed E-state index contributed by atoms with van der Waals surface area (Å²) in [4.78, 5) is 20.6. The number of carboxylic acid groups (broad SMARTS) is 1. The van der Waals surface area contributed by atoms with Crippen molar-refractivity contribution in [2.45, 2.75) is 0 Å². The summed E-state index contributed by atoms with van der Waals surface area (Å²) in [7, 11) is 1.78. The molecule has 5 aromatic rings. The molecule has 1 aromatic carbocycles. The maximum absolute atomic E-state index is 12.0. The van der Waals surface area contributed by atoms with Gasteiger partial charge in [-0.1, -0.05) is 23.7 Å². The Bertz CT molecular complexity index is 1460. The van der Waals surface area contributed by atoms with E-state index in [-0.39, 0.29) is 0 Å². The Balaban J connectivity index is 1.51. The molecule has 158 valence electrons. The van der Waals surface area contributed by atoms with Gasteiger partial charge in [-0.2, -0.15) is 5.10 Å². The summed E-state index contributed by atoms with van der Waals surface area (Å²) < 4.78 is 2.86. The van der Waals surface area contributed by atoms with Crippen LogP contribution in [0.3, 0.4) is 0 Å². The Labute approximate surface area is 187 Å². The number of nitrogens with one attached hydrogen (secondary N) is 1. The second-order valence-electron chi connectivity index (χ2n) is 7.24. The van der Waals surface area contributed by atoms with Gasteiger partial charge in [-0.15, -0.1) is 0 Å². The highest BCUT2D eigenvalue weighted by Crippen LogP contribution is 2.32. The van der Waals surface area contributed by atoms with Crippen molar-refractivity contribution in [2.24, 2.45) is 7.05 Å². The molecule has 0 atom stereocenters. The van der Waals surface area contributed by atoms with Crippen molar-refractivity contribution in [3.8, 4) is 22.4 Å². The summed E-state index contributed by atoms with van der Waals surface area (Å²) in [6, 6.07) is 12.9. The third kappa shape index (κ3) is 3.57. The molecule has 0 spiro atoms. The molecule has 5 rings (SSSR count). The number of carbonyl (C=O) groups is 1. The monoisotopic (exact) mass is 444 g/mol. The molecule has 0 unspecified atom stereocenters. The van der Waals surface area contributed by atoms with Crippen LogP contribution in [0, 0.1) is 0 Å². The van der Waals surface area contributed by atoms with Gasteiger partial charge in [0.2, 0.25) is 0 Å². The van der Waals surface area contributed by atoms with Crippen molar-refractivity contribution in [1.82, 2.24) is 24.3 Å². The minimum atomic E-state index is -1.09. The lowest BCUT2D eigenvalue weighted by Gasteiger charge is -2.10. The van der Waals surface area contributed by atoms with Crippen LogP contribution in [0.25, 0.3) is 33.3 Å². The van der Waals surface area contributed by atoms with Gasteiger partial charge < -0.3 is 10.4 Å². The van der Waals surface area contributed by atoms with E-state index in [9.17, 15) is 9.90 Å². The number of hydrogen-bond donors (Lipinski definition) is 2. The lowest BCUT2D eigenvalue weighted by molar-refractivity contribution is 0.198. The Morgan fingerprint density at radius 2 is 1.94 bits per heavy atom. The molecule has 32 heavy (non-hydrogen) atoms. The van der Waals surface area contributed by atoms with Gasteiger partial charge in [0.05, 0.1) is 28.1 Å². The van der Waals surface area contributed by atoms with Gasteiger partial charge in [0.25, 0.3) is 0 Å². The SMILES string of the molecule is Cn1cc(-c2cc3cnc(Nc4ccc(-c5cccnc5)cc4Cl)cc3n2C(=O)O)cn1. The molecule has 8 nitrogen and oxygen atoms in total. The van der Waals surface area contributed by atoms with E-state index in [0.717, 1.165) is 11.1 Å². The molecular weight excluding hydrogens is 428 g/mol. The standard InChI is InChI=1S/C23H17ClN6O2/c1-29-13-17(12-27-29)20-8-16-11-26-22(9-21(16)30(20)23(31)32)28-19-5-4-14(7-18(19)24)15-3-2-6-25-10-15/h2-13H,1H3,(H,26,28)(H,31,32). The Hall–Kier alpha value is -4.17. The fourth-order valence-corrected chi connectivity index (χ4v) is 3.84. The summed E-state index contributed by atoms with van der Waals surface area (Å²) in [5.41, 5.74) is 4.30. The number of pyridine rings is 2. The van der Waals surface area contributed by atoms with Gasteiger partial charge >= 0.3 is 6.09 Å². The minimum Gasteiger partial charge on any atom is -0.464 e. The first-order valence-corrected chi connectivity index (χ1v) is 10.1. The van der Waals surface area contributed by atoms with Crippen LogP contribution >= 0.6 is 11.6 Å². The van der Waals surface area contributed by atoms with E-state index in [2.05, 4.69) is 20.4 Å². The van der Waals surface area contributed by atoms with Crippen LogP contribution in [0.4, 0.5) is 16.3 Å². The molecule has 0 aliphatic rings. The highest BCUT2D eigenvalue weighted by atomic mass is 35.5. The highest BCUT2D eigenvalue weighted by molar-refractivity contribution is 6.33. The van der Waals surface area contributed by atoms with Gasteiger partial charge in [0.1, 0.15) is 5.82 Å². The smallest absolute Gasteiger partial charge is 0.416 e. The average molecular weight is 445 g/mol. The number of rotatable bonds is 4. The molecule has 0 aliphatic carbocycles. The van der Waals surface area contributed by atoms with Gasteiger partial charge in [0, 0.05) is 54.4 Å². The number of fused-ring (bicyclic) bond motifs is 1. The number of benzene rings is 1. The predicted octanol–water partition coefficient (Wildman–Crippen LogP) is 5.42. The molecular formula is C23H17ClN6O2. The van der Waals surface area contributed by atoms with Gasteiger partial charge in [-0.05, 0) is 29.8 Å². The number of aryl methyl sites for hydroxylation is 1. The summed E-state index contributed by atoms with van der Waals surface area (Å²) in [5, 5.41) is 18.4. The van der Waals surface area contributed by atoms with Crippen molar-refractivity contribution in [3.63, 3.8) is 0 Å². The largest absolute Gasteiger partial charge is 0.464 e. The highest BCUT2D eigenvalue weighted by Gasteiger charge is 2.18. The van der Waals surface area contributed by atoms with Crippen molar-refractivity contribution in [2.75, 3.05) is 5.32 Å². The van der Waals surface area contributed by atoms with E-state index >= 15 is 0 Å². The number of anilines is 2. The van der Waals surface area contributed by atoms with E-state index in [1.54, 1.807) is 54.8 Å². The number of nitrogens with zero attached hydrogens (tertiary/aromatic N) is 5. The van der Waals surface area contributed by atoms with E-state index < -0.39 is 6.09 Å². The van der Waals surface area contributed by atoms with Crippen LogP contribution < -0.4 is 5.32 Å². The molecule has 9 heteroatoms. The molecule has 0 amide bonds. The van der Waals surface area contributed by atoms with Crippen molar-refractivity contribution < 1.29 is 9.90 Å².